The Balaban J connectivity index is 1.45. The maximum Gasteiger partial charge on any atom is 0.275 e. The number of morpholine rings is 1. The summed E-state index contributed by atoms with van der Waals surface area (Å²) in [6, 6.07) is 7.50. The lowest BCUT2D eigenvalue weighted by atomic mass is 10.2. The number of aromatic nitrogens is 1. The highest BCUT2D eigenvalue weighted by Crippen LogP contribution is 2.18. The van der Waals surface area contributed by atoms with Gasteiger partial charge in [0.1, 0.15) is 16.5 Å². The first-order valence-electron chi connectivity index (χ1n) is 10.0. The number of ether oxygens (including phenoxy) is 2. The number of hydrogen-bond acceptors (Lipinski definition) is 6. The van der Waals surface area contributed by atoms with E-state index >= 15 is 0 Å². The zero-order valence-corrected chi connectivity index (χ0v) is 17.3. The molecule has 1 aromatic carbocycles. The van der Waals surface area contributed by atoms with E-state index in [0.29, 0.717) is 5.69 Å². The van der Waals surface area contributed by atoms with Crippen molar-refractivity contribution in [1.29, 1.82) is 0 Å². The van der Waals surface area contributed by atoms with Crippen molar-refractivity contribution in [3.63, 3.8) is 0 Å². The summed E-state index contributed by atoms with van der Waals surface area (Å²) >= 11 is 1.52. The lowest BCUT2D eigenvalue weighted by Crippen LogP contribution is -2.35. The molecule has 1 aromatic heterocycles. The third kappa shape index (κ3) is 6.58. The molecule has 28 heavy (non-hydrogen) atoms. The number of amides is 1. The third-order valence-electron chi connectivity index (χ3n) is 4.63. The molecule has 0 spiro atoms. The van der Waals surface area contributed by atoms with Gasteiger partial charge in [0.05, 0.1) is 26.4 Å². The molecular weight excluding hydrogens is 374 g/mol. The van der Waals surface area contributed by atoms with Gasteiger partial charge >= 0.3 is 0 Å². The number of carbonyl (C=O) groups is 1. The van der Waals surface area contributed by atoms with Crippen LogP contribution < -0.4 is 10.1 Å². The number of rotatable bonds is 10. The Bertz CT molecular complexity index is 727. The number of nitrogens with zero attached hydrogens (tertiary/aromatic N) is 2. The van der Waals surface area contributed by atoms with Crippen LogP contribution in [-0.2, 0) is 11.3 Å². The second-order valence-corrected chi connectivity index (χ2v) is 7.85. The van der Waals surface area contributed by atoms with Crippen LogP contribution in [0.2, 0.25) is 0 Å². The number of unbranched alkanes of at least 4 members (excludes halogenated alkanes) is 3. The highest BCUT2D eigenvalue weighted by Gasteiger charge is 2.15. The van der Waals surface area contributed by atoms with Crippen molar-refractivity contribution < 1.29 is 14.3 Å². The van der Waals surface area contributed by atoms with Gasteiger partial charge in [0.25, 0.3) is 5.91 Å². The molecule has 0 saturated carbocycles. The molecule has 1 amide bonds. The zero-order chi connectivity index (χ0) is 19.6. The Hall–Kier alpha value is -1.96. The summed E-state index contributed by atoms with van der Waals surface area (Å²) in [7, 11) is 0. The van der Waals surface area contributed by atoms with Crippen molar-refractivity contribution in [2.45, 2.75) is 39.2 Å². The van der Waals surface area contributed by atoms with E-state index in [4.69, 9.17) is 9.47 Å². The van der Waals surface area contributed by atoms with Crippen LogP contribution in [0.3, 0.4) is 0 Å². The highest BCUT2D eigenvalue weighted by atomic mass is 32.1. The van der Waals surface area contributed by atoms with Crippen LogP contribution in [0.15, 0.2) is 29.6 Å². The van der Waals surface area contributed by atoms with Crippen LogP contribution in [-0.4, -0.2) is 48.7 Å². The lowest BCUT2D eigenvalue weighted by Gasteiger charge is -2.25. The van der Waals surface area contributed by atoms with Crippen molar-refractivity contribution in [3.8, 4) is 5.75 Å². The minimum atomic E-state index is -0.183. The van der Waals surface area contributed by atoms with Gasteiger partial charge in [0.15, 0.2) is 0 Å². The maximum absolute atomic E-state index is 12.4. The van der Waals surface area contributed by atoms with Gasteiger partial charge in [0, 0.05) is 24.2 Å². The molecule has 1 aliphatic heterocycles. The topological polar surface area (TPSA) is 63.7 Å². The van der Waals surface area contributed by atoms with Crippen molar-refractivity contribution in [2.75, 3.05) is 38.2 Å². The second-order valence-electron chi connectivity index (χ2n) is 6.90. The predicted molar refractivity (Wildman–Crippen MR) is 112 cm³/mol. The minimum Gasteiger partial charge on any atom is -0.494 e. The molecule has 0 bridgehead atoms. The average molecular weight is 404 g/mol. The van der Waals surface area contributed by atoms with Crippen molar-refractivity contribution in [1.82, 2.24) is 9.88 Å². The minimum absolute atomic E-state index is 0.183. The fourth-order valence-corrected chi connectivity index (χ4v) is 3.80. The van der Waals surface area contributed by atoms with Crippen LogP contribution in [0.5, 0.6) is 5.75 Å². The van der Waals surface area contributed by atoms with E-state index in [2.05, 4.69) is 22.1 Å². The van der Waals surface area contributed by atoms with Crippen LogP contribution in [0.1, 0.15) is 48.1 Å². The fourth-order valence-electron chi connectivity index (χ4n) is 2.99. The molecular formula is C21H29N3O3S. The normalized spacial score (nSPS) is 14.8. The number of benzene rings is 1. The van der Waals surface area contributed by atoms with Crippen molar-refractivity contribution in [2.24, 2.45) is 0 Å². The van der Waals surface area contributed by atoms with E-state index in [0.717, 1.165) is 62.3 Å². The summed E-state index contributed by atoms with van der Waals surface area (Å²) in [6.45, 7) is 7.04. The van der Waals surface area contributed by atoms with Gasteiger partial charge < -0.3 is 14.8 Å². The van der Waals surface area contributed by atoms with E-state index < -0.39 is 0 Å². The first-order valence-corrected chi connectivity index (χ1v) is 10.9. The Morgan fingerprint density at radius 1 is 1.21 bits per heavy atom. The Morgan fingerprint density at radius 3 is 2.75 bits per heavy atom. The van der Waals surface area contributed by atoms with Gasteiger partial charge in [-0.3, -0.25) is 9.69 Å². The summed E-state index contributed by atoms with van der Waals surface area (Å²) < 4.78 is 11.1. The quantitative estimate of drug-likeness (QED) is 0.603. The molecule has 7 heteroatoms. The summed E-state index contributed by atoms with van der Waals surface area (Å²) in [5.41, 5.74) is 1.20. The van der Waals surface area contributed by atoms with Gasteiger partial charge in [-0.25, -0.2) is 4.98 Å². The third-order valence-corrected chi connectivity index (χ3v) is 5.46. The van der Waals surface area contributed by atoms with E-state index in [9.17, 15) is 4.79 Å². The van der Waals surface area contributed by atoms with Gasteiger partial charge in [-0.2, -0.15) is 0 Å². The molecule has 0 unspecified atom stereocenters. The van der Waals surface area contributed by atoms with Crippen molar-refractivity contribution >= 4 is 22.9 Å². The molecule has 0 atom stereocenters. The van der Waals surface area contributed by atoms with Crippen LogP contribution in [0.4, 0.5) is 5.69 Å². The van der Waals surface area contributed by atoms with E-state index in [-0.39, 0.29) is 5.91 Å². The zero-order valence-electron chi connectivity index (χ0n) is 16.5. The van der Waals surface area contributed by atoms with Gasteiger partial charge in [-0.1, -0.05) is 26.2 Å². The Kier molecular flexibility index (Phi) is 8.26. The first-order chi connectivity index (χ1) is 13.7. The summed E-state index contributed by atoms with van der Waals surface area (Å²) in [5.74, 6) is 0.647. The first kappa shape index (κ1) is 20.8. The smallest absolute Gasteiger partial charge is 0.275 e. The van der Waals surface area contributed by atoms with Crippen LogP contribution >= 0.6 is 11.3 Å². The standard InChI is InChI=1S/C21H29N3O3S/c1-2-3-4-5-12-27-18-8-6-17(7-9-18)22-21(25)19-16-28-20(23-19)15-24-10-13-26-14-11-24/h6-9,16H,2-5,10-15H2,1H3,(H,22,25). The predicted octanol–water partition coefficient (Wildman–Crippen LogP) is 4.19. The molecule has 1 saturated heterocycles. The molecule has 1 aliphatic rings. The summed E-state index contributed by atoms with van der Waals surface area (Å²) in [4.78, 5) is 19.2. The largest absolute Gasteiger partial charge is 0.494 e. The monoisotopic (exact) mass is 403 g/mol. The van der Waals surface area contributed by atoms with E-state index in [1.54, 1.807) is 0 Å². The van der Waals surface area contributed by atoms with Crippen LogP contribution in [0.25, 0.3) is 0 Å². The molecule has 6 nitrogen and oxygen atoms in total. The highest BCUT2D eigenvalue weighted by molar-refractivity contribution is 7.09. The Labute approximate surface area is 170 Å². The molecule has 152 valence electrons. The second kappa shape index (κ2) is 11.1. The molecule has 0 radical (unpaired) electrons. The Morgan fingerprint density at radius 2 is 2.00 bits per heavy atom. The summed E-state index contributed by atoms with van der Waals surface area (Å²) in [5, 5.41) is 5.68. The van der Waals surface area contributed by atoms with Gasteiger partial charge in [0.2, 0.25) is 0 Å². The molecule has 2 heterocycles. The molecule has 1 fully saturated rings. The lowest BCUT2D eigenvalue weighted by molar-refractivity contribution is 0.0341. The van der Waals surface area contributed by atoms with E-state index in [1.807, 2.05) is 29.6 Å². The number of anilines is 1. The van der Waals surface area contributed by atoms with Gasteiger partial charge in [-0.05, 0) is 30.7 Å². The maximum atomic E-state index is 12.4. The molecule has 2 aromatic rings. The van der Waals surface area contributed by atoms with Crippen LogP contribution in [0, 0.1) is 0 Å². The SMILES string of the molecule is CCCCCCOc1ccc(NC(=O)c2csc(CN3CCOCC3)n2)cc1. The average Bonchev–Trinajstić information content (AvgIpc) is 3.18. The summed E-state index contributed by atoms with van der Waals surface area (Å²) in [6.07, 6.45) is 4.75. The molecule has 3 rings (SSSR count). The molecule has 1 N–H and O–H groups in total. The molecule has 0 aliphatic carbocycles. The number of hydrogen-bond donors (Lipinski definition) is 1. The van der Waals surface area contributed by atoms with Crippen molar-refractivity contribution in [3.05, 3.63) is 40.3 Å². The van der Waals surface area contributed by atoms with E-state index in [1.165, 1.54) is 30.6 Å². The number of nitrogens with one attached hydrogen (secondary N) is 1. The van der Waals surface area contributed by atoms with Gasteiger partial charge in [-0.15, -0.1) is 11.3 Å². The number of thiazole rings is 1. The number of carbonyl (C=O) groups excluding carboxylic acids is 1. The fraction of sp³-hybridized carbons (Fsp3) is 0.524.